The number of rotatable bonds is 6. The van der Waals surface area contributed by atoms with Gasteiger partial charge in [0.25, 0.3) is 0 Å². The van der Waals surface area contributed by atoms with E-state index < -0.39 is 5.97 Å². The number of hydrogen-bond acceptors (Lipinski definition) is 5. The Hall–Kier alpha value is -2.83. The molecule has 0 atom stereocenters. The highest BCUT2D eigenvalue weighted by molar-refractivity contribution is 7.99. The minimum Gasteiger partial charge on any atom is -0.507 e. The van der Waals surface area contributed by atoms with Crippen LogP contribution in [0.15, 0.2) is 70.5 Å². The molecule has 0 unspecified atom stereocenters. The Kier molecular flexibility index (Phi) is 5.78. The summed E-state index contributed by atoms with van der Waals surface area (Å²) in [5, 5.41) is 22.6. The molecule has 0 fully saturated rings. The van der Waals surface area contributed by atoms with E-state index in [9.17, 15) is 9.90 Å². The minimum absolute atomic E-state index is 0.150. The van der Waals surface area contributed by atoms with Crippen LogP contribution in [0.25, 0.3) is 0 Å². The second-order valence-electron chi connectivity index (χ2n) is 5.81. The van der Waals surface area contributed by atoms with Gasteiger partial charge in [-0.3, -0.25) is 0 Å². The van der Waals surface area contributed by atoms with Crippen LogP contribution in [-0.2, 0) is 6.54 Å². The lowest BCUT2D eigenvalue weighted by Gasteiger charge is -2.13. The van der Waals surface area contributed by atoms with Crippen molar-refractivity contribution in [1.82, 2.24) is 0 Å². The molecule has 5 N–H and O–H groups in total. The molecular formula is C20H17ClN2O3S. The first-order valence-electron chi connectivity index (χ1n) is 8.04. The number of nitrogen functional groups attached to an aromatic ring is 1. The molecule has 7 heteroatoms. The maximum atomic E-state index is 11.2. The van der Waals surface area contributed by atoms with Crippen LogP contribution in [0, 0.1) is 0 Å². The summed E-state index contributed by atoms with van der Waals surface area (Å²) in [6, 6.07) is 17.6. The standard InChI is InChI=1S/C20H17ClN2O3S/c21-13-1-5-16(6-2-13)27-19-8-3-14(22)9-12(19)11-23-15-4-7-18(24)17(10-15)20(25)26/h1-10,23-24H,11,22H2,(H,25,26). The van der Waals surface area contributed by atoms with Gasteiger partial charge < -0.3 is 21.3 Å². The highest BCUT2D eigenvalue weighted by Gasteiger charge is 2.11. The van der Waals surface area contributed by atoms with Crippen LogP contribution in [0.4, 0.5) is 11.4 Å². The van der Waals surface area contributed by atoms with Gasteiger partial charge in [0, 0.05) is 32.7 Å². The molecule has 0 aliphatic heterocycles. The Morgan fingerprint density at radius 3 is 2.52 bits per heavy atom. The lowest BCUT2D eigenvalue weighted by molar-refractivity contribution is 0.0694. The van der Waals surface area contributed by atoms with E-state index in [0.717, 1.165) is 15.4 Å². The molecule has 0 amide bonds. The van der Waals surface area contributed by atoms with E-state index in [0.29, 0.717) is 22.9 Å². The first-order chi connectivity index (χ1) is 12.9. The van der Waals surface area contributed by atoms with E-state index in [1.807, 2.05) is 42.5 Å². The van der Waals surface area contributed by atoms with E-state index in [-0.39, 0.29) is 11.3 Å². The van der Waals surface area contributed by atoms with Gasteiger partial charge in [-0.2, -0.15) is 0 Å². The first-order valence-corrected chi connectivity index (χ1v) is 9.24. The average molecular weight is 401 g/mol. The second-order valence-corrected chi connectivity index (χ2v) is 7.37. The third kappa shape index (κ3) is 4.87. The topological polar surface area (TPSA) is 95.6 Å². The van der Waals surface area contributed by atoms with Gasteiger partial charge in [-0.1, -0.05) is 23.4 Å². The average Bonchev–Trinajstić information content (AvgIpc) is 2.64. The molecule has 0 heterocycles. The number of carbonyl (C=O) groups is 1. The quantitative estimate of drug-likeness (QED) is 0.340. The van der Waals surface area contributed by atoms with E-state index in [1.54, 1.807) is 17.8 Å². The summed E-state index contributed by atoms with van der Waals surface area (Å²) in [5.41, 5.74) is 7.99. The van der Waals surface area contributed by atoms with Crippen molar-refractivity contribution in [2.24, 2.45) is 0 Å². The van der Waals surface area contributed by atoms with Gasteiger partial charge in [-0.15, -0.1) is 0 Å². The van der Waals surface area contributed by atoms with Gasteiger partial charge in [-0.05, 0) is 66.2 Å². The van der Waals surface area contributed by atoms with Crippen molar-refractivity contribution < 1.29 is 15.0 Å². The number of halogens is 1. The largest absolute Gasteiger partial charge is 0.507 e. The Morgan fingerprint density at radius 2 is 1.81 bits per heavy atom. The molecule has 3 rings (SSSR count). The maximum Gasteiger partial charge on any atom is 0.339 e. The van der Waals surface area contributed by atoms with Gasteiger partial charge in [0.2, 0.25) is 0 Å². The van der Waals surface area contributed by atoms with Crippen LogP contribution in [-0.4, -0.2) is 16.2 Å². The molecule has 27 heavy (non-hydrogen) atoms. The van der Waals surface area contributed by atoms with Crippen molar-refractivity contribution in [3.63, 3.8) is 0 Å². The Bertz CT molecular complexity index is 977. The van der Waals surface area contributed by atoms with Gasteiger partial charge in [-0.25, -0.2) is 4.79 Å². The molecule has 0 aromatic heterocycles. The molecular weight excluding hydrogens is 384 g/mol. The second kappa shape index (κ2) is 8.24. The number of phenols is 1. The summed E-state index contributed by atoms with van der Waals surface area (Å²) in [4.78, 5) is 13.2. The van der Waals surface area contributed by atoms with Crippen LogP contribution >= 0.6 is 23.4 Å². The molecule has 0 spiro atoms. The molecule has 0 saturated carbocycles. The monoisotopic (exact) mass is 400 g/mol. The van der Waals surface area contributed by atoms with E-state index in [1.165, 1.54) is 12.1 Å². The highest BCUT2D eigenvalue weighted by atomic mass is 35.5. The molecule has 0 radical (unpaired) electrons. The lowest BCUT2D eigenvalue weighted by atomic mass is 10.1. The van der Waals surface area contributed by atoms with Crippen molar-refractivity contribution >= 4 is 40.7 Å². The van der Waals surface area contributed by atoms with Crippen LogP contribution in [0.5, 0.6) is 5.75 Å². The molecule has 0 saturated heterocycles. The Morgan fingerprint density at radius 1 is 1.07 bits per heavy atom. The molecule has 0 aliphatic carbocycles. The maximum absolute atomic E-state index is 11.2. The van der Waals surface area contributed by atoms with E-state index in [2.05, 4.69) is 5.32 Å². The minimum atomic E-state index is -1.18. The van der Waals surface area contributed by atoms with E-state index >= 15 is 0 Å². The SMILES string of the molecule is Nc1ccc(Sc2ccc(Cl)cc2)c(CNc2ccc(O)c(C(=O)O)c2)c1. The number of anilines is 2. The predicted molar refractivity (Wildman–Crippen MR) is 109 cm³/mol. The number of carboxylic acid groups (broad SMARTS) is 1. The third-order valence-electron chi connectivity index (χ3n) is 3.84. The van der Waals surface area contributed by atoms with Crippen LogP contribution in [0.3, 0.4) is 0 Å². The van der Waals surface area contributed by atoms with Gasteiger partial charge in [0.1, 0.15) is 11.3 Å². The number of benzene rings is 3. The Labute approximate surface area is 165 Å². The van der Waals surface area contributed by atoms with Gasteiger partial charge in [0.15, 0.2) is 0 Å². The number of carboxylic acids is 1. The van der Waals surface area contributed by atoms with Crippen molar-refractivity contribution in [3.8, 4) is 5.75 Å². The summed E-state index contributed by atoms with van der Waals surface area (Å²) in [5.74, 6) is -1.45. The summed E-state index contributed by atoms with van der Waals surface area (Å²) in [6.45, 7) is 0.449. The fraction of sp³-hybridized carbons (Fsp3) is 0.0500. The van der Waals surface area contributed by atoms with Crippen molar-refractivity contribution in [2.45, 2.75) is 16.3 Å². The van der Waals surface area contributed by atoms with Crippen molar-refractivity contribution in [2.75, 3.05) is 11.1 Å². The molecule has 0 aliphatic rings. The molecule has 3 aromatic carbocycles. The van der Waals surface area contributed by atoms with Gasteiger partial charge >= 0.3 is 5.97 Å². The third-order valence-corrected chi connectivity index (χ3v) is 5.21. The zero-order valence-electron chi connectivity index (χ0n) is 14.1. The fourth-order valence-corrected chi connectivity index (χ4v) is 3.53. The van der Waals surface area contributed by atoms with Crippen LogP contribution in [0.1, 0.15) is 15.9 Å². The lowest BCUT2D eigenvalue weighted by Crippen LogP contribution is -2.04. The molecule has 0 bridgehead atoms. The van der Waals surface area contributed by atoms with Crippen molar-refractivity contribution in [1.29, 1.82) is 0 Å². The molecule has 138 valence electrons. The van der Waals surface area contributed by atoms with Crippen LogP contribution in [0.2, 0.25) is 5.02 Å². The zero-order valence-corrected chi connectivity index (χ0v) is 15.7. The van der Waals surface area contributed by atoms with Crippen LogP contribution < -0.4 is 11.1 Å². The summed E-state index contributed by atoms with van der Waals surface area (Å²) in [7, 11) is 0. The fourth-order valence-electron chi connectivity index (χ4n) is 2.48. The summed E-state index contributed by atoms with van der Waals surface area (Å²) >= 11 is 7.52. The summed E-state index contributed by atoms with van der Waals surface area (Å²) in [6.07, 6.45) is 0. The number of aromatic carboxylic acids is 1. The normalized spacial score (nSPS) is 10.6. The number of aromatic hydroxyl groups is 1. The summed E-state index contributed by atoms with van der Waals surface area (Å²) < 4.78 is 0. The van der Waals surface area contributed by atoms with E-state index in [4.69, 9.17) is 22.4 Å². The van der Waals surface area contributed by atoms with Gasteiger partial charge in [0.05, 0.1) is 0 Å². The molecule has 3 aromatic rings. The first kappa shape index (κ1) is 18.9. The number of nitrogens with two attached hydrogens (primary N) is 1. The Balaban J connectivity index is 1.80. The predicted octanol–water partition coefficient (Wildman–Crippen LogP) is 5.09. The smallest absolute Gasteiger partial charge is 0.339 e. The number of hydrogen-bond donors (Lipinski definition) is 4. The van der Waals surface area contributed by atoms with Crippen molar-refractivity contribution in [3.05, 3.63) is 76.8 Å². The number of nitrogens with one attached hydrogen (secondary N) is 1. The highest BCUT2D eigenvalue weighted by Crippen LogP contribution is 2.33. The molecule has 5 nitrogen and oxygen atoms in total. The zero-order chi connectivity index (χ0) is 19.4.